The smallest absolute Gasteiger partial charge is 0.223 e. The molecule has 0 aliphatic heterocycles. The first-order valence-corrected chi connectivity index (χ1v) is 8.78. The third kappa shape index (κ3) is 4.38. The second-order valence-electron chi connectivity index (χ2n) is 6.54. The quantitative estimate of drug-likeness (QED) is 0.829. The Morgan fingerprint density at radius 3 is 2.21 bits per heavy atom. The average Bonchev–Trinajstić information content (AvgIpc) is 3.41. The summed E-state index contributed by atoms with van der Waals surface area (Å²) in [5.41, 5.74) is 3.62. The molecule has 1 aliphatic rings. The third-order valence-electron chi connectivity index (χ3n) is 4.33. The van der Waals surface area contributed by atoms with Crippen LogP contribution in [0.4, 0.5) is 0 Å². The lowest BCUT2D eigenvalue weighted by Gasteiger charge is -2.14. The van der Waals surface area contributed by atoms with Gasteiger partial charge in [-0.1, -0.05) is 36.4 Å². The molecule has 0 aromatic heterocycles. The van der Waals surface area contributed by atoms with Crippen LogP contribution in [0.5, 0.6) is 5.75 Å². The fourth-order valence-electron chi connectivity index (χ4n) is 2.85. The zero-order chi connectivity index (χ0) is 16.9. The maximum atomic E-state index is 11.8. The number of amides is 1. The molecule has 0 spiro atoms. The minimum Gasteiger partial charge on any atom is -0.494 e. The molecule has 2 aromatic rings. The van der Waals surface area contributed by atoms with Crippen molar-refractivity contribution in [3.05, 3.63) is 54.1 Å². The Balaban J connectivity index is 1.59. The van der Waals surface area contributed by atoms with Crippen molar-refractivity contribution in [3.8, 4) is 16.9 Å². The predicted octanol–water partition coefficient (Wildman–Crippen LogP) is 4.21. The number of carbonyl (C=O) groups is 1. The lowest BCUT2D eigenvalue weighted by atomic mass is 10.0. The fourth-order valence-corrected chi connectivity index (χ4v) is 2.85. The molecule has 1 N–H and O–H groups in total. The van der Waals surface area contributed by atoms with Crippen LogP contribution in [0.2, 0.25) is 0 Å². The molecule has 0 bridgehead atoms. The van der Waals surface area contributed by atoms with Gasteiger partial charge in [-0.05, 0) is 61.9 Å². The highest BCUT2D eigenvalue weighted by Crippen LogP contribution is 2.29. The van der Waals surface area contributed by atoms with Gasteiger partial charge in [-0.15, -0.1) is 0 Å². The first-order chi connectivity index (χ1) is 11.7. The van der Waals surface area contributed by atoms with E-state index in [2.05, 4.69) is 48.6 Å². The van der Waals surface area contributed by atoms with Crippen LogP contribution < -0.4 is 10.1 Å². The Morgan fingerprint density at radius 2 is 1.67 bits per heavy atom. The monoisotopic (exact) mass is 323 g/mol. The number of hydrogen-bond donors (Lipinski definition) is 1. The van der Waals surface area contributed by atoms with Gasteiger partial charge >= 0.3 is 0 Å². The van der Waals surface area contributed by atoms with E-state index in [9.17, 15) is 4.79 Å². The Hall–Kier alpha value is -2.29. The molecule has 3 nitrogen and oxygen atoms in total. The zero-order valence-corrected chi connectivity index (χ0v) is 14.4. The van der Waals surface area contributed by atoms with Crippen LogP contribution in [0.25, 0.3) is 11.1 Å². The minimum atomic E-state index is 0.175. The standard InChI is InChI=1S/C21H25NO2/c1-3-24-20-12-10-18(11-13-20)17-6-4-16(5-7-17)14-15(2)22-21(23)19-8-9-19/h4-7,10-13,15,19H,3,8-9,14H2,1-2H3,(H,22,23). The number of carbonyl (C=O) groups excluding carboxylic acids is 1. The van der Waals surface area contributed by atoms with Crippen LogP contribution in [0.1, 0.15) is 32.3 Å². The van der Waals surface area contributed by atoms with Gasteiger partial charge in [-0.25, -0.2) is 0 Å². The summed E-state index contributed by atoms with van der Waals surface area (Å²) in [6.07, 6.45) is 2.96. The van der Waals surface area contributed by atoms with E-state index in [-0.39, 0.29) is 17.9 Å². The Labute approximate surface area is 144 Å². The Morgan fingerprint density at radius 1 is 1.08 bits per heavy atom. The van der Waals surface area contributed by atoms with Crippen LogP contribution in [0.15, 0.2) is 48.5 Å². The molecule has 1 unspecified atom stereocenters. The first-order valence-electron chi connectivity index (χ1n) is 8.78. The summed E-state index contributed by atoms with van der Waals surface area (Å²) in [5.74, 6) is 1.39. The summed E-state index contributed by atoms with van der Waals surface area (Å²) in [6, 6.07) is 16.9. The predicted molar refractivity (Wildman–Crippen MR) is 97.1 cm³/mol. The number of nitrogens with one attached hydrogen (secondary N) is 1. The highest BCUT2D eigenvalue weighted by Gasteiger charge is 2.30. The van der Waals surface area contributed by atoms with Gasteiger partial charge in [-0.2, -0.15) is 0 Å². The molecule has 1 atom stereocenters. The lowest BCUT2D eigenvalue weighted by molar-refractivity contribution is -0.122. The molecule has 0 radical (unpaired) electrons. The van der Waals surface area contributed by atoms with Crippen molar-refractivity contribution in [1.82, 2.24) is 5.32 Å². The second kappa shape index (κ2) is 7.52. The SMILES string of the molecule is CCOc1ccc(-c2ccc(CC(C)NC(=O)C3CC3)cc2)cc1. The summed E-state index contributed by atoms with van der Waals surface area (Å²) in [4.78, 5) is 11.8. The molecular formula is C21H25NO2. The van der Waals surface area contributed by atoms with Crippen molar-refractivity contribution >= 4 is 5.91 Å². The number of benzene rings is 2. The van der Waals surface area contributed by atoms with Crippen LogP contribution in [0, 0.1) is 5.92 Å². The fraction of sp³-hybridized carbons (Fsp3) is 0.381. The third-order valence-corrected chi connectivity index (χ3v) is 4.33. The molecule has 3 heteroatoms. The molecule has 24 heavy (non-hydrogen) atoms. The van der Waals surface area contributed by atoms with Crippen LogP contribution in [-0.2, 0) is 11.2 Å². The maximum absolute atomic E-state index is 11.8. The van der Waals surface area contributed by atoms with E-state index in [0.717, 1.165) is 25.0 Å². The number of rotatable bonds is 7. The van der Waals surface area contributed by atoms with E-state index in [1.165, 1.54) is 16.7 Å². The normalized spacial score (nSPS) is 14.9. The van der Waals surface area contributed by atoms with Gasteiger partial charge in [0, 0.05) is 12.0 Å². The van der Waals surface area contributed by atoms with Crippen LogP contribution in [0.3, 0.4) is 0 Å². The van der Waals surface area contributed by atoms with E-state index in [4.69, 9.17) is 4.74 Å². The topological polar surface area (TPSA) is 38.3 Å². The highest BCUT2D eigenvalue weighted by molar-refractivity contribution is 5.81. The Kier molecular flexibility index (Phi) is 5.19. The lowest BCUT2D eigenvalue weighted by Crippen LogP contribution is -2.35. The summed E-state index contributed by atoms with van der Waals surface area (Å²) < 4.78 is 5.48. The molecule has 1 aliphatic carbocycles. The van der Waals surface area contributed by atoms with Crippen molar-refractivity contribution in [2.24, 2.45) is 5.92 Å². The van der Waals surface area contributed by atoms with Gasteiger partial charge in [0.25, 0.3) is 0 Å². The van der Waals surface area contributed by atoms with E-state index in [1.807, 2.05) is 19.1 Å². The maximum Gasteiger partial charge on any atom is 0.223 e. The highest BCUT2D eigenvalue weighted by atomic mass is 16.5. The van der Waals surface area contributed by atoms with Gasteiger partial charge in [0.05, 0.1) is 6.61 Å². The molecule has 1 amide bonds. The van der Waals surface area contributed by atoms with Gasteiger partial charge in [0.1, 0.15) is 5.75 Å². The van der Waals surface area contributed by atoms with Crippen LogP contribution >= 0.6 is 0 Å². The first kappa shape index (κ1) is 16.6. The van der Waals surface area contributed by atoms with E-state index in [1.54, 1.807) is 0 Å². The summed E-state index contributed by atoms with van der Waals surface area (Å²) in [7, 11) is 0. The minimum absolute atomic E-state index is 0.175. The molecule has 1 fully saturated rings. The number of ether oxygens (including phenoxy) is 1. The van der Waals surface area contributed by atoms with Gasteiger partial charge in [0.15, 0.2) is 0 Å². The van der Waals surface area contributed by atoms with E-state index in [0.29, 0.717) is 6.61 Å². The van der Waals surface area contributed by atoms with E-state index < -0.39 is 0 Å². The molecule has 0 saturated heterocycles. The molecule has 3 rings (SSSR count). The molecule has 0 heterocycles. The van der Waals surface area contributed by atoms with E-state index >= 15 is 0 Å². The van der Waals surface area contributed by atoms with Gasteiger partial charge in [0.2, 0.25) is 5.91 Å². The largest absolute Gasteiger partial charge is 0.494 e. The van der Waals surface area contributed by atoms with Crippen LogP contribution in [-0.4, -0.2) is 18.6 Å². The molecule has 1 saturated carbocycles. The zero-order valence-electron chi connectivity index (χ0n) is 14.4. The van der Waals surface area contributed by atoms with Crippen molar-refractivity contribution in [2.75, 3.05) is 6.61 Å². The van der Waals surface area contributed by atoms with Crippen molar-refractivity contribution in [1.29, 1.82) is 0 Å². The summed E-state index contributed by atoms with van der Waals surface area (Å²) >= 11 is 0. The summed E-state index contributed by atoms with van der Waals surface area (Å²) in [5, 5.41) is 3.10. The van der Waals surface area contributed by atoms with Crippen molar-refractivity contribution < 1.29 is 9.53 Å². The van der Waals surface area contributed by atoms with Gasteiger partial charge in [-0.3, -0.25) is 4.79 Å². The second-order valence-corrected chi connectivity index (χ2v) is 6.54. The van der Waals surface area contributed by atoms with Crippen molar-refractivity contribution in [2.45, 2.75) is 39.2 Å². The average molecular weight is 323 g/mol. The number of hydrogen-bond acceptors (Lipinski definition) is 2. The Bertz CT molecular complexity index is 672. The molecule has 126 valence electrons. The van der Waals surface area contributed by atoms with Crippen molar-refractivity contribution in [3.63, 3.8) is 0 Å². The summed E-state index contributed by atoms with van der Waals surface area (Å²) in [6.45, 7) is 4.74. The molecular weight excluding hydrogens is 298 g/mol. The van der Waals surface area contributed by atoms with Gasteiger partial charge < -0.3 is 10.1 Å². The molecule has 2 aromatic carbocycles.